The lowest BCUT2D eigenvalue weighted by Gasteiger charge is -2.56. The second kappa shape index (κ2) is 7.06. The molecule has 0 spiro atoms. The highest BCUT2D eigenvalue weighted by Crippen LogP contribution is 2.78. The van der Waals surface area contributed by atoms with Crippen LogP contribution in [-0.2, 0) is 30.3 Å². The first kappa shape index (κ1) is 21.5. The summed E-state index contributed by atoms with van der Waals surface area (Å²) in [4.78, 5) is 35.5. The summed E-state index contributed by atoms with van der Waals surface area (Å²) < 4.78 is 17.3. The average Bonchev–Trinajstić information content (AvgIpc) is 3.06. The molecule has 2 bridgehead atoms. The lowest BCUT2D eigenvalue weighted by molar-refractivity contribution is -0.197. The van der Waals surface area contributed by atoms with Gasteiger partial charge in [0.15, 0.2) is 5.60 Å². The molecule has 4 aliphatic rings. The number of carbonyl (C=O) groups is 3. The van der Waals surface area contributed by atoms with Gasteiger partial charge < -0.3 is 14.2 Å². The zero-order valence-electron chi connectivity index (χ0n) is 19.4. The summed E-state index contributed by atoms with van der Waals surface area (Å²) in [5.41, 5.74) is 1.67. The molecule has 0 aromatic heterocycles. The fraction of sp³-hybridized carbons (Fsp3) is 0.654. The molecule has 4 aliphatic carbocycles. The van der Waals surface area contributed by atoms with Crippen LogP contribution >= 0.6 is 0 Å². The average molecular weight is 441 g/mol. The number of esters is 3. The fourth-order valence-electron chi connectivity index (χ4n) is 8.33. The fourth-order valence-corrected chi connectivity index (χ4v) is 8.33. The van der Waals surface area contributed by atoms with Gasteiger partial charge in [0.25, 0.3) is 0 Å². The van der Waals surface area contributed by atoms with E-state index in [2.05, 4.69) is 13.0 Å². The van der Waals surface area contributed by atoms with Crippen molar-refractivity contribution in [1.29, 1.82) is 0 Å². The smallest absolute Gasteiger partial charge is 0.308 e. The van der Waals surface area contributed by atoms with Crippen molar-refractivity contribution in [1.82, 2.24) is 0 Å². The van der Waals surface area contributed by atoms with Crippen molar-refractivity contribution >= 4 is 17.9 Å². The Balaban J connectivity index is 1.53. The van der Waals surface area contributed by atoms with Gasteiger partial charge in [0.05, 0.1) is 0 Å². The third kappa shape index (κ3) is 2.74. The Morgan fingerprint density at radius 2 is 1.75 bits per heavy atom. The molecular weight excluding hydrogens is 408 g/mol. The molecular formula is C26H32O6. The van der Waals surface area contributed by atoms with E-state index in [0.29, 0.717) is 17.6 Å². The number of aryl methyl sites for hydroxylation is 1. The molecule has 0 aliphatic heterocycles. The molecule has 3 saturated carbocycles. The number of rotatable bonds is 3. The van der Waals surface area contributed by atoms with Gasteiger partial charge in [-0.15, -0.1) is 0 Å². The third-order valence-corrected chi connectivity index (χ3v) is 9.33. The van der Waals surface area contributed by atoms with Crippen LogP contribution in [0.15, 0.2) is 18.2 Å². The highest BCUT2D eigenvalue weighted by atomic mass is 16.6. The van der Waals surface area contributed by atoms with E-state index in [9.17, 15) is 14.4 Å². The molecule has 1 aromatic carbocycles. The lowest BCUT2D eigenvalue weighted by atomic mass is 9.48. The van der Waals surface area contributed by atoms with Crippen LogP contribution < -0.4 is 4.74 Å². The first-order valence-corrected chi connectivity index (χ1v) is 11.8. The van der Waals surface area contributed by atoms with E-state index >= 15 is 0 Å². The van der Waals surface area contributed by atoms with Gasteiger partial charge in [0, 0.05) is 26.2 Å². The van der Waals surface area contributed by atoms with Crippen molar-refractivity contribution in [3.63, 3.8) is 0 Å². The Labute approximate surface area is 189 Å². The third-order valence-electron chi connectivity index (χ3n) is 9.33. The predicted molar refractivity (Wildman–Crippen MR) is 116 cm³/mol. The number of fused-ring (bicyclic) bond motifs is 3. The SMILES string of the molecule is CC(=O)Oc1ccc2c(c1)CC[C@@H]1[C@@H]2CC[C@@]2(C)[C@]13CC[C@]2(OC(C)=O)[C@@H](OC(C)=O)C3. The van der Waals surface area contributed by atoms with Gasteiger partial charge in [-0.25, -0.2) is 0 Å². The van der Waals surface area contributed by atoms with Crippen LogP contribution in [0, 0.1) is 16.7 Å². The molecule has 6 atom stereocenters. The van der Waals surface area contributed by atoms with Crippen molar-refractivity contribution < 1.29 is 28.6 Å². The van der Waals surface area contributed by atoms with Crippen LogP contribution in [0.4, 0.5) is 0 Å². The second-order valence-corrected chi connectivity index (χ2v) is 10.5. The summed E-state index contributed by atoms with van der Waals surface area (Å²) >= 11 is 0. The van der Waals surface area contributed by atoms with E-state index in [4.69, 9.17) is 14.2 Å². The van der Waals surface area contributed by atoms with E-state index in [1.54, 1.807) is 0 Å². The number of ether oxygens (including phenoxy) is 3. The predicted octanol–water partition coefficient (Wildman–Crippen LogP) is 4.48. The molecule has 0 heterocycles. The topological polar surface area (TPSA) is 78.9 Å². The van der Waals surface area contributed by atoms with Gasteiger partial charge in [-0.05, 0) is 85.5 Å². The van der Waals surface area contributed by atoms with Crippen molar-refractivity contribution in [3.05, 3.63) is 29.3 Å². The maximum atomic E-state index is 12.2. The van der Waals surface area contributed by atoms with E-state index in [0.717, 1.165) is 44.9 Å². The molecule has 32 heavy (non-hydrogen) atoms. The van der Waals surface area contributed by atoms with Crippen molar-refractivity contribution in [2.45, 2.75) is 90.3 Å². The molecule has 3 fully saturated rings. The standard InChI is InChI=1S/C26H32O6/c1-15(27)30-19-6-7-20-18(13-19)5-8-22-21(20)9-10-24(4)25(22)11-12-26(24,32-17(3)29)23(14-25)31-16(2)28/h6-7,13,21-23H,5,8-12,14H2,1-4H3/t21-,22-,23+,24+,25+,26+/m1/s1. The monoisotopic (exact) mass is 440 g/mol. The molecule has 0 saturated heterocycles. The minimum absolute atomic E-state index is 0.0161. The quantitative estimate of drug-likeness (QED) is 0.510. The summed E-state index contributed by atoms with van der Waals surface area (Å²) in [6, 6.07) is 6.06. The van der Waals surface area contributed by atoms with Gasteiger partial charge in [0.1, 0.15) is 11.9 Å². The largest absolute Gasteiger partial charge is 0.458 e. The normalized spacial score (nSPS) is 38.8. The molecule has 0 radical (unpaired) electrons. The van der Waals surface area contributed by atoms with E-state index in [1.807, 2.05) is 12.1 Å². The zero-order chi connectivity index (χ0) is 22.9. The van der Waals surface area contributed by atoms with E-state index in [1.165, 1.54) is 31.9 Å². The van der Waals surface area contributed by atoms with Crippen LogP contribution in [0.3, 0.4) is 0 Å². The number of hydrogen-bond donors (Lipinski definition) is 0. The van der Waals surface area contributed by atoms with Crippen LogP contribution in [0.1, 0.15) is 83.3 Å². The first-order valence-electron chi connectivity index (χ1n) is 11.8. The summed E-state index contributed by atoms with van der Waals surface area (Å²) in [7, 11) is 0. The van der Waals surface area contributed by atoms with E-state index in [-0.39, 0.29) is 34.8 Å². The molecule has 5 rings (SSSR count). The van der Waals surface area contributed by atoms with Crippen LogP contribution in [0.2, 0.25) is 0 Å². The van der Waals surface area contributed by atoms with E-state index < -0.39 is 5.60 Å². The van der Waals surface area contributed by atoms with Gasteiger partial charge >= 0.3 is 17.9 Å². The highest BCUT2D eigenvalue weighted by Gasteiger charge is 2.79. The Bertz CT molecular complexity index is 1000. The molecule has 0 amide bonds. The Morgan fingerprint density at radius 1 is 0.969 bits per heavy atom. The summed E-state index contributed by atoms with van der Waals surface area (Å²) in [5, 5.41) is 0. The number of hydrogen-bond acceptors (Lipinski definition) is 6. The Hall–Kier alpha value is -2.37. The molecule has 0 N–H and O–H groups in total. The zero-order valence-corrected chi connectivity index (χ0v) is 19.4. The number of carbonyl (C=O) groups excluding carboxylic acids is 3. The molecule has 172 valence electrons. The molecule has 6 nitrogen and oxygen atoms in total. The van der Waals surface area contributed by atoms with Crippen molar-refractivity contribution in [2.75, 3.05) is 0 Å². The Morgan fingerprint density at radius 3 is 2.44 bits per heavy atom. The molecule has 0 unspecified atom stereocenters. The Kier molecular flexibility index (Phi) is 4.74. The number of benzene rings is 1. The van der Waals surface area contributed by atoms with Gasteiger partial charge in [0.2, 0.25) is 0 Å². The maximum absolute atomic E-state index is 12.2. The van der Waals surface area contributed by atoms with Gasteiger partial charge in [-0.1, -0.05) is 13.0 Å². The van der Waals surface area contributed by atoms with Gasteiger partial charge in [-0.2, -0.15) is 0 Å². The first-order chi connectivity index (χ1) is 15.1. The summed E-state index contributed by atoms with van der Waals surface area (Å²) in [6.07, 6.45) is 6.05. The highest BCUT2D eigenvalue weighted by molar-refractivity contribution is 5.70. The summed E-state index contributed by atoms with van der Waals surface area (Å²) in [5.74, 6) is 0.568. The van der Waals surface area contributed by atoms with Crippen LogP contribution in [-0.4, -0.2) is 29.6 Å². The lowest BCUT2D eigenvalue weighted by Crippen LogP contribution is -2.55. The molecule has 1 aromatic rings. The van der Waals surface area contributed by atoms with Crippen molar-refractivity contribution in [2.24, 2.45) is 16.7 Å². The molecule has 6 heteroatoms. The van der Waals surface area contributed by atoms with Crippen molar-refractivity contribution in [3.8, 4) is 5.75 Å². The summed E-state index contributed by atoms with van der Waals surface area (Å²) in [6.45, 7) is 6.61. The van der Waals surface area contributed by atoms with Gasteiger partial charge in [-0.3, -0.25) is 14.4 Å². The second-order valence-electron chi connectivity index (χ2n) is 10.5. The van der Waals surface area contributed by atoms with Crippen LogP contribution in [0.25, 0.3) is 0 Å². The van der Waals surface area contributed by atoms with Crippen LogP contribution in [0.5, 0.6) is 5.75 Å². The maximum Gasteiger partial charge on any atom is 0.308 e. The minimum Gasteiger partial charge on any atom is -0.458 e. The minimum atomic E-state index is -0.727.